The highest BCUT2D eigenvalue weighted by Crippen LogP contribution is 2.38. The molecule has 0 radical (unpaired) electrons. The molecule has 170 valence electrons. The number of rotatable bonds is 7. The Labute approximate surface area is 183 Å². The summed E-state index contributed by atoms with van der Waals surface area (Å²) in [5, 5.41) is 21.0. The lowest BCUT2D eigenvalue weighted by Crippen LogP contribution is -2.47. The molecule has 0 bridgehead atoms. The minimum Gasteiger partial charge on any atom is -0.494 e. The molecule has 6 nitrogen and oxygen atoms in total. The molecule has 0 unspecified atom stereocenters. The third-order valence-corrected chi connectivity index (χ3v) is 6.37. The van der Waals surface area contributed by atoms with Crippen molar-refractivity contribution in [1.82, 2.24) is 9.47 Å². The van der Waals surface area contributed by atoms with Crippen molar-refractivity contribution in [3.05, 3.63) is 35.1 Å². The molecule has 0 saturated carbocycles. The Morgan fingerprint density at radius 3 is 2.23 bits per heavy atom. The molecule has 7 heteroatoms. The average Bonchev–Trinajstić information content (AvgIpc) is 3.00. The van der Waals surface area contributed by atoms with Crippen LogP contribution in [-0.4, -0.2) is 58.5 Å². The quantitative estimate of drug-likeness (QED) is 0.696. The van der Waals surface area contributed by atoms with Crippen LogP contribution >= 0.6 is 0 Å². The fourth-order valence-corrected chi connectivity index (χ4v) is 4.79. The number of anilines is 1. The van der Waals surface area contributed by atoms with E-state index in [1.165, 1.54) is 6.07 Å². The van der Waals surface area contributed by atoms with E-state index in [9.17, 15) is 14.6 Å². The number of fused-ring (bicyclic) bond motifs is 1. The minimum atomic E-state index is -0.248. The van der Waals surface area contributed by atoms with Gasteiger partial charge in [0, 0.05) is 49.9 Å². The molecule has 2 N–H and O–H groups in total. The molecule has 2 heterocycles. The summed E-state index contributed by atoms with van der Waals surface area (Å²) in [6.45, 7) is 8.85. The number of aromatic nitrogens is 1. The van der Waals surface area contributed by atoms with Crippen molar-refractivity contribution in [1.29, 1.82) is 0 Å². The van der Waals surface area contributed by atoms with Crippen molar-refractivity contribution in [2.75, 3.05) is 37.6 Å². The highest BCUT2D eigenvalue weighted by molar-refractivity contribution is 5.59. The van der Waals surface area contributed by atoms with Gasteiger partial charge in [0.25, 0.3) is 0 Å². The fraction of sp³-hybridized carbons (Fsp3) is 0.583. The SMILES string of the molecule is CC(C)Oc1ccc(F)cc1N1CCN(CCCn2c(O)c3c(c2O)CCCC3)CC1. The zero-order valence-corrected chi connectivity index (χ0v) is 18.6. The number of benzene rings is 1. The molecule has 0 atom stereocenters. The maximum atomic E-state index is 13.9. The van der Waals surface area contributed by atoms with Crippen LogP contribution in [0.5, 0.6) is 17.5 Å². The first-order valence-electron chi connectivity index (χ1n) is 11.5. The van der Waals surface area contributed by atoms with Crippen LogP contribution in [0, 0.1) is 5.82 Å². The molecular weight excluding hydrogens is 397 g/mol. The van der Waals surface area contributed by atoms with Crippen LogP contribution < -0.4 is 9.64 Å². The van der Waals surface area contributed by atoms with E-state index in [0.29, 0.717) is 6.54 Å². The number of halogens is 1. The lowest BCUT2D eigenvalue weighted by atomic mass is 9.95. The Morgan fingerprint density at radius 2 is 1.61 bits per heavy atom. The van der Waals surface area contributed by atoms with Gasteiger partial charge in [-0.3, -0.25) is 9.47 Å². The van der Waals surface area contributed by atoms with Crippen LogP contribution in [0.1, 0.15) is 44.2 Å². The molecule has 1 fully saturated rings. The molecule has 1 aromatic carbocycles. The van der Waals surface area contributed by atoms with Crippen LogP contribution in [-0.2, 0) is 19.4 Å². The van der Waals surface area contributed by atoms with Crippen molar-refractivity contribution < 1.29 is 19.3 Å². The van der Waals surface area contributed by atoms with Crippen LogP contribution in [0.2, 0.25) is 0 Å². The van der Waals surface area contributed by atoms with Gasteiger partial charge in [-0.2, -0.15) is 0 Å². The van der Waals surface area contributed by atoms with Crippen molar-refractivity contribution in [3.63, 3.8) is 0 Å². The first-order valence-corrected chi connectivity index (χ1v) is 11.5. The second-order valence-corrected chi connectivity index (χ2v) is 8.92. The predicted molar refractivity (Wildman–Crippen MR) is 120 cm³/mol. The van der Waals surface area contributed by atoms with Crippen LogP contribution in [0.3, 0.4) is 0 Å². The molecule has 2 aliphatic rings. The van der Waals surface area contributed by atoms with Gasteiger partial charge in [0.15, 0.2) is 11.8 Å². The third-order valence-electron chi connectivity index (χ3n) is 6.37. The summed E-state index contributed by atoms with van der Waals surface area (Å²) in [5.41, 5.74) is 2.69. The van der Waals surface area contributed by atoms with E-state index in [1.807, 2.05) is 13.8 Å². The van der Waals surface area contributed by atoms with Crippen LogP contribution in [0.25, 0.3) is 0 Å². The van der Waals surface area contributed by atoms with Crippen molar-refractivity contribution in [3.8, 4) is 17.5 Å². The van der Waals surface area contributed by atoms with Gasteiger partial charge in [-0.05, 0) is 64.6 Å². The highest BCUT2D eigenvalue weighted by atomic mass is 19.1. The Bertz CT molecular complexity index is 874. The summed E-state index contributed by atoms with van der Waals surface area (Å²) >= 11 is 0. The summed E-state index contributed by atoms with van der Waals surface area (Å²) in [6, 6.07) is 4.72. The standard InChI is InChI=1S/C24H34FN3O3/c1-17(2)31-22-9-8-18(25)16-21(22)27-14-12-26(13-15-27)10-5-11-28-23(29)19-6-3-4-7-20(19)24(28)30/h8-9,16-17,29-30H,3-7,10-15H2,1-2H3. The molecule has 1 aliphatic heterocycles. The molecular formula is C24H34FN3O3. The van der Waals surface area contributed by atoms with E-state index in [1.54, 1.807) is 16.7 Å². The number of piperazine rings is 1. The van der Waals surface area contributed by atoms with Crippen molar-refractivity contribution in [2.24, 2.45) is 0 Å². The number of hydrogen-bond acceptors (Lipinski definition) is 5. The van der Waals surface area contributed by atoms with E-state index >= 15 is 0 Å². The number of aromatic hydroxyl groups is 2. The summed E-state index contributed by atoms with van der Waals surface area (Å²) < 4.78 is 21.4. The topological polar surface area (TPSA) is 61.1 Å². The van der Waals surface area contributed by atoms with Gasteiger partial charge in [-0.1, -0.05) is 0 Å². The summed E-state index contributed by atoms with van der Waals surface area (Å²) in [7, 11) is 0. The monoisotopic (exact) mass is 431 g/mol. The van der Waals surface area contributed by atoms with Crippen LogP contribution in [0.4, 0.5) is 10.1 Å². The van der Waals surface area contributed by atoms with Crippen molar-refractivity contribution in [2.45, 2.75) is 58.6 Å². The molecule has 2 aromatic rings. The van der Waals surface area contributed by atoms with Gasteiger partial charge >= 0.3 is 0 Å². The fourth-order valence-electron chi connectivity index (χ4n) is 4.79. The normalized spacial score (nSPS) is 17.2. The zero-order chi connectivity index (χ0) is 22.0. The van der Waals surface area contributed by atoms with Gasteiger partial charge in [0.05, 0.1) is 11.8 Å². The van der Waals surface area contributed by atoms with E-state index in [2.05, 4.69) is 9.80 Å². The Kier molecular flexibility index (Phi) is 6.60. The van der Waals surface area contributed by atoms with Crippen molar-refractivity contribution >= 4 is 5.69 Å². The number of ether oxygens (including phenoxy) is 1. The predicted octanol–water partition coefficient (Wildman–Crippen LogP) is 3.92. The molecule has 4 rings (SSSR count). The molecule has 1 saturated heterocycles. The molecule has 0 spiro atoms. The van der Waals surface area contributed by atoms with Gasteiger partial charge in [0.1, 0.15) is 11.6 Å². The third kappa shape index (κ3) is 4.76. The van der Waals surface area contributed by atoms with Crippen LogP contribution in [0.15, 0.2) is 18.2 Å². The second kappa shape index (κ2) is 9.39. The lowest BCUT2D eigenvalue weighted by molar-refractivity contribution is 0.234. The first-order chi connectivity index (χ1) is 14.9. The summed E-state index contributed by atoms with van der Waals surface area (Å²) in [5.74, 6) is 0.983. The second-order valence-electron chi connectivity index (χ2n) is 8.92. The summed E-state index contributed by atoms with van der Waals surface area (Å²) in [4.78, 5) is 4.57. The van der Waals surface area contributed by atoms with Gasteiger partial charge in [-0.25, -0.2) is 4.39 Å². The Hall–Kier alpha value is -2.41. The van der Waals surface area contributed by atoms with Gasteiger partial charge < -0.3 is 19.8 Å². The zero-order valence-electron chi connectivity index (χ0n) is 18.6. The van der Waals surface area contributed by atoms with E-state index in [4.69, 9.17) is 4.74 Å². The molecule has 1 aromatic heterocycles. The maximum Gasteiger partial charge on any atom is 0.197 e. The molecule has 31 heavy (non-hydrogen) atoms. The van der Waals surface area contributed by atoms with E-state index < -0.39 is 0 Å². The average molecular weight is 432 g/mol. The van der Waals surface area contributed by atoms with E-state index in [-0.39, 0.29) is 23.7 Å². The minimum absolute atomic E-state index is 0.0395. The smallest absolute Gasteiger partial charge is 0.197 e. The van der Waals surface area contributed by atoms with Gasteiger partial charge in [0.2, 0.25) is 0 Å². The lowest BCUT2D eigenvalue weighted by Gasteiger charge is -2.37. The first kappa shape index (κ1) is 21.8. The molecule has 0 amide bonds. The largest absolute Gasteiger partial charge is 0.494 e. The Balaban J connectivity index is 1.31. The molecule has 1 aliphatic carbocycles. The Morgan fingerprint density at radius 1 is 0.968 bits per heavy atom. The number of hydrogen-bond donors (Lipinski definition) is 2. The van der Waals surface area contributed by atoms with E-state index in [0.717, 1.165) is 87.4 Å². The highest BCUT2D eigenvalue weighted by Gasteiger charge is 2.25. The number of nitrogens with zero attached hydrogens (tertiary/aromatic N) is 3. The summed E-state index contributed by atoms with van der Waals surface area (Å²) in [6.07, 6.45) is 4.75. The van der Waals surface area contributed by atoms with Gasteiger partial charge in [-0.15, -0.1) is 0 Å². The maximum absolute atomic E-state index is 13.9.